The second-order valence-corrected chi connectivity index (χ2v) is 3.93. The first-order chi connectivity index (χ1) is 8.74. The third-order valence-corrected chi connectivity index (χ3v) is 2.43. The molecule has 0 aliphatic carbocycles. The van der Waals surface area contributed by atoms with Gasteiger partial charge < -0.3 is 26.4 Å². The van der Waals surface area contributed by atoms with Crippen molar-refractivity contribution in [3.05, 3.63) is 23.8 Å². The molecule has 2 unspecified atom stereocenters. The van der Waals surface area contributed by atoms with Crippen LogP contribution in [0.25, 0.3) is 0 Å². The SMILES string of the molecule is NCCC(O)C(O)c1ccc(N)c(OC(F)(F)F)c1. The predicted octanol–water partition coefficient (Wildman–Crippen LogP) is 0.910. The first-order valence-electron chi connectivity index (χ1n) is 5.46. The maximum Gasteiger partial charge on any atom is 0.573 e. The summed E-state index contributed by atoms with van der Waals surface area (Å²) in [6, 6.07) is 3.41. The molecule has 2 atom stereocenters. The Morgan fingerprint density at radius 2 is 1.89 bits per heavy atom. The van der Waals surface area contributed by atoms with Gasteiger partial charge in [-0.1, -0.05) is 6.07 Å². The van der Waals surface area contributed by atoms with Crippen molar-refractivity contribution in [1.82, 2.24) is 0 Å². The Morgan fingerprint density at radius 1 is 1.26 bits per heavy atom. The zero-order valence-corrected chi connectivity index (χ0v) is 9.89. The molecule has 8 heteroatoms. The number of benzene rings is 1. The van der Waals surface area contributed by atoms with Crippen molar-refractivity contribution in [1.29, 1.82) is 0 Å². The van der Waals surface area contributed by atoms with E-state index in [1.807, 2.05) is 0 Å². The standard InChI is InChI=1S/C11H15F3N2O3/c12-11(13,14)19-9-5-6(1-2-7(9)16)10(18)8(17)3-4-15/h1-2,5,8,10,17-18H,3-4,15-16H2. The first-order valence-corrected chi connectivity index (χ1v) is 5.46. The van der Waals surface area contributed by atoms with Gasteiger partial charge in [-0.05, 0) is 30.7 Å². The van der Waals surface area contributed by atoms with Crippen LogP contribution in [0.15, 0.2) is 18.2 Å². The molecule has 0 saturated heterocycles. The summed E-state index contributed by atoms with van der Waals surface area (Å²) in [4.78, 5) is 0. The fourth-order valence-electron chi connectivity index (χ4n) is 1.50. The Hall–Kier alpha value is -1.51. The lowest BCUT2D eigenvalue weighted by atomic mass is 10.0. The van der Waals surface area contributed by atoms with E-state index in [1.54, 1.807) is 0 Å². The maximum absolute atomic E-state index is 12.1. The molecule has 0 amide bonds. The zero-order chi connectivity index (χ0) is 14.6. The lowest BCUT2D eigenvalue weighted by molar-refractivity contribution is -0.274. The van der Waals surface area contributed by atoms with Crippen molar-refractivity contribution in [2.24, 2.45) is 5.73 Å². The largest absolute Gasteiger partial charge is 0.573 e. The number of hydrogen-bond donors (Lipinski definition) is 4. The summed E-state index contributed by atoms with van der Waals surface area (Å²) >= 11 is 0. The number of rotatable bonds is 5. The van der Waals surface area contributed by atoms with Crippen molar-refractivity contribution >= 4 is 5.69 Å². The van der Waals surface area contributed by atoms with E-state index < -0.39 is 24.3 Å². The minimum absolute atomic E-state index is 0.0643. The quantitative estimate of drug-likeness (QED) is 0.600. The number of halogens is 3. The van der Waals surface area contributed by atoms with Crippen LogP contribution in [0.4, 0.5) is 18.9 Å². The van der Waals surface area contributed by atoms with Gasteiger partial charge in [0.1, 0.15) is 6.10 Å². The van der Waals surface area contributed by atoms with Crippen LogP contribution in [0.1, 0.15) is 18.1 Å². The van der Waals surface area contributed by atoms with Crippen molar-refractivity contribution in [2.75, 3.05) is 12.3 Å². The van der Waals surface area contributed by atoms with Crippen LogP contribution in [0.3, 0.4) is 0 Å². The zero-order valence-electron chi connectivity index (χ0n) is 9.89. The molecule has 1 rings (SSSR count). The molecular formula is C11H15F3N2O3. The number of aliphatic hydroxyl groups excluding tert-OH is 2. The molecule has 6 N–H and O–H groups in total. The van der Waals surface area contributed by atoms with Gasteiger partial charge in [0, 0.05) is 0 Å². The third kappa shape index (κ3) is 4.58. The molecule has 0 heterocycles. The molecule has 5 nitrogen and oxygen atoms in total. The van der Waals surface area contributed by atoms with Crippen LogP contribution in [-0.2, 0) is 0 Å². The van der Waals surface area contributed by atoms with Gasteiger partial charge in [-0.15, -0.1) is 13.2 Å². The van der Waals surface area contributed by atoms with Crippen LogP contribution >= 0.6 is 0 Å². The average Bonchev–Trinajstić information content (AvgIpc) is 2.29. The lowest BCUT2D eigenvalue weighted by Gasteiger charge is -2.19. The highest BCUT2D eigenvalue weighted by atomic mass is 19.4. The molecule has 1 aromatic carbocycles. The molecule has 108 valence electrons. The van der Waals surface area contributed by atoms with E-state index in [1.165, 1.54) is 6.07 Å². The number of anilines is 1. The molecule has 19 heavy (non-hydrogen) atoms. The molecule has 0 spiro atoms. The van der Waals surface area contributed by atoms with Gasteiger partial charge in [-0.3, -0.25) is 0 Å². The Morgan fingerprint density at radius 3 is 2.42 bits per heavy atom. The van der Waals surface area contributed by atoms with Gasteiger partial charge in [0.15, 0.2) is 5.75 Å². The molecule has 0 aliphatic rings. The average molecular weight is 280 g/mol. The van der Waals surface area contributed by atoms with Crippen LogP contribution in [0.5, 0.6) is 5.75 Å². The highest BCUT2D eigenvalue weighted by Gasteiger charge is 2.32. The van der Waals surface area contributed by atoms with Gasteiger partial charge in [0.25, 0.3) is 0 Å². The minimum Gasteiger partial charge on any atom is -0.404 e. The number of alkyl halides is 3. The maximum atomic E-state index is 12.1. The summed E-state index contributed by atoms with van der Waals surface area (Å²) < 4.78 is 40.1. The summed E-state index contributed by atoms with van der Waals surface area (Å²) in [5.74, 6) is -0.621. The second-order valence-electron chi connectivity index (χ2n) is 3.93. The van der Waals surface area contributed by atoms with E-state index in [0.717, 1.165) is 12.1 Å². The summed E-state index contributed by atoms with van der Waals surface area (Å²) in [6.07, 6.45) is -7.30. The lowest BCUT2D eigenvalue weighted by Crippen LogP contribution is -2.22. The smallest absolute Gasteiger partial charge is 0.404 e. The van der Waals surface area contributed by atoms with Crippen LogP contribution in [-0.4, -0.2) is 29.2 Å². The van der Waals surface area contributed by atoms with Crippen LogP contribution in [0.2, 0.25) is 0 Å². The van der Waals surface area contributed by atoms with E-state index in [2.05, 4.69) is 4.74 Å². The highest BCUT2D eigenvalue weighted by molar-refractivity contribution is 5.54. The van der Waals surface area contributed by atoms with E-state index in [9.17, 15) is 23.4 Å². The Labute approximate surface area is 107 Å². The molecule has 1 aromatic rings. The monoisotopic (exact) mass is 280 g/mol. The number of ether oxygens (including phenoxy) is 1. The molecule has 0 saturated carbocycles. The van der Waals surface area contributed by atoms with E-state index in [0.29, 0.717) is 0 Å². The molecule has 0 radical (unpaired) electrons. The fourth-order valence-corrected chi connectivity index (χ4v) is 1.50. The van der Waals surface area contributed by atoms with Gasteiger partial charge in [0.05, 0.1) is 11.8 Å². The molecule has 0 aliphatic heterocycles. The van der Waals surface area contributed by atoms with E-state index in [4.69, 9.17) is 11.5 Å². The third-order valence-electron chi connectivity index (χ3n) is 2.43. The van der Waals surface area contributed by atoms with Gasteiger partial charge in [-0.25, -0.2) is 0 Å². The van der Waals surface area contributed by atoms with Crippen molar-refractivity contribution in [2.45, 2.75) is 25.0 Å². The normalized spacial score (nSPS) is 15.1. The van der Waals surface area contributed by atoms with Crippen molar-refractivity contribution in [3.8, 4) is 5.75 Å². The topological polar surface area (TPSA) is 102 Å². The Balaban J connectivity index is 2.95. The molecular weight excluding hydrogens is 265 g/mol. The van der Waals surface area contributed by atoms with Gasteiger partial charge in [0.2, 0.25) is 0 Å². The number of aliphatic hydroxyl groups is 2. The minimum atomic E-state index is -4.88. The number of nitrogens with two attached hydrogens (primary N) is 2. The molecule has 0 bridgehead atoms. The van der Waals surface area contributed by atoms with E-state index in [-0.39, 0.29) is 24.2 Å². The predicted molar refractivity (Wildman–Crippen MR) is 62.2 cm³/mol. The van der Waals surface area contributed by atoms with Gasteiger partial charge in [-0.2, -0.15) is 0 Å². The second kappa shape index (κ2) is 6.09. The summed E-state index contributed by atoms with van der Waals surface area (Å²) in [5.41, 5.74) is 10.4. The van der Waals surface area contributed by atoms with Crippen molar-refractivity contribution in [3.63, 3.8) is 0 Å². The number of hydrogen-bond acceptors (Lipinski definition) is 5. The highest BCUT2D eigenvalue weighted by Crippen LogP contribution is 2.32. The van der Waals surface area contributed by atoms with Crippen LogP contribution < -0.4 is 16.2 Å². The first kappa shape index (κ1) is 15.5. The van der Waals surface area contributed by atoms with Gasteiger partial charge >= 0.3 is 6.36 Å². The van der Waals surface area contributed by atoms with Crippen LogP contribution in [0, 0.1) is 0 Å². The Kier molecular flexibility index (Phi) is 4.98. The Bertz CT molecular complexity index is 426. The fraction of sp³-hybridized carbons (Fsp3) is 0.455. The van der Waals surface area contributed by atoms with Crippen molar-refractivity contribution < 1.29 is 28.1 Å². The van der Waals surface area contributed by atoms with E-state index >= 15 is 0 Å². The summed E-state index contributed by atoms with van der Waals surface area (Å²) in [7, 11) is 0. The number of nitrogen functional groups attached to an aromatic ring is 1. The molecule has 0 aromatic heterocycles. The molecule has 0 fully saturated rings. The summed E-state index contributed by atoms with van der Waals surface area (Å²) in [5, 5.41) is 19.3. The summed E-state index contributed by atoms with van der Waals surface area (Å²) in [6.45, 7) is 0.138.